The second-order valence-electron chi connectivity index (χ2n) is 6.18. The number of phenols is 1. The molecule has 2 aromatic rings. The molecule has 1 heterocycles. The van der Waals surface area contributed by atoms with Gasteiger partial charge in [-0.25, -0.2) is 27.9 Å². The number of hydrogen-bond acceptors (Lipinski definition) is 9. The third-order valence-corrected chi connectivity index (χ3v) is 5.23. The molecule has 0 saturated heterocycles. The maximum Gasteiger partial charge on any atom is 0.339 e. The largest absolute Gasteiger partial charge is 0.513 e. The molecular weight excluding hydrogens is 432 g/mol. The van der Waals surface area contributed by atoms with Crippen molar-refractivity contribution >= 4 is 28.2 Å². The molecule has 0 unspecified atom stereocenters. The molecule has 0 aliphatic heterocycles. The van der Waals surface area contributed by atoms with Gasteiger partial charge in [-0.2, -0.15) is 0 Å². The number of aromatic hydroxyl groups is 1. The lowest BCUT2D eigenvalue weighted by atomic mass is 10.2. The van der Waals surface area contributed by atoms with Gasteiger partial charge in [-0.3, -0.25) is 4.79 Å². The van der Waals surface area contributed by atoms with Crippen LogP contribution in [0.5, 0.6) is 5.75 Å². The number of benzene rings is 1. The Balaban J connectivity index is 2.05. The summed E-state index contributed by atoms with van der Waals surface area (Å²) in [4.78, 5) is 41.4. The van der Waals surface area contributed by atoms with Gasteiger partial charge in [-0.05, 0) is 18.2 Å². The van der Waals surface area contributed by atoms with Gasteiger partial charge in [0.15, 0.2) is 0 Å². The molecule has 13 heteroatoms. The fourth-order valence-corrected chi connectivity index (χ4v) is 3.30. The number of aromatic carboxylic acids is 1. The SMILES string of the molecule is C=C(O)C[C@@H](C=O)NC(=O)c1cnc(CNS(=O)(=O)c2ccc(O)c(C(=O)O)c2)nc1. The number of aromatic nitrogens is 2. The third kappa shape index (κ3) is 6.32. The van der Waals surface area contributed by atoms with E-state index in [0.717, 1.165) is 30.6 Å². The lowest BCUT2D eigenvalue weighted by Gasteiger charge is -2.12. The molecule has 0 bridgehead atoms. The number of carboxylic acids is 1. The molecule has 1 aromatic carbocycles. The third-order valence-electron chi connectivity index (χ3n) is 3.83. The van der Waals surface area contributed by atoms with E-state index >= 15 is 0 Å². The number of nitrogens with one attached hydrogen (secondary N) is 2. The van der Waals surface area contributed by atoms with Crippen molar-refractivity contribution < 1.29 is 38.1 Å². The van der Waals surface area contributed by atoms with Crippen LogP contribution in [0.25, 0.3) is 0 Å². The highest BCUT2D eigenvalue weighted by Crippen LogP contribution is 2.21. The van der Waals surface area contributed by atoms with Gasteiger partial charge in [-0.15, -0.1) is 0 Å². The van der Waals surface area contributed by atoms with Crippen molar-refractivity contribution in [1.29, 1.82) is 0 Å². The number of amides is 1. The van der Waals surface area contributed by atoms with Gasteiger partial charge in [0.1, 0.15) is 23.4 Å². The lowest BCUT2D eigenvalue weighted by Crippen LogP contribution is -2.36. The Morgan fingerprint density at radius 2 is 1.84 bits per heavy atom. The normalized spacial score (nSPS) is 12.0. The van der Waals surface area contributed by atoms with Gasteiger partial charge in [0, 0.05) is 18.8 Å². The zero-order chi connectivity index (χ0) is 23.2. The van der Waals surface area contributed by atoms with E-state index in [9.17, 15) is 27.9 Å². The van der Waals surface area contributed by atoms with E-state index in [2.05, 4.69) is 26.6 Å². The topological polar surface area (TPSA) is 196 Å². The number of aliphatic hydroxyl groups is 1. The van der Waals surface area contributed by atoms with Crippen LogP contribution < -0.4 is 10.0 Å². The number of nitrogens with zero attached hydrogens (tertiary/aromatic N) is 2. The van der Waals surface area contributed by atoms with E-state index in [0.29, 0.717) is 6.29 Å². The maximum absolute atomic E-state index is 12.3. The predicted molar refractivity (Wildman–Crippen MR) is 105 cm³/mol. The Morgan fingerprint density at radius 3 is 2.39 bits per heavy atom. The Morgan fingerprint density at radius 1 is 1.19 bits per heavy atom. The van der Waals surface area contributed by atoms with Crippen LogP contribution in [0.1, 0.15) is 33.0 Å². The number of aldehydes is 1. The summed E-state index contributed by atoms with van der Waals surface area (Å²) in [6.07, 6.45) is 2.51. The van der Waals surface area contributed by atoms with Crippen molar-refractivity contribution in [2.75, 3.05) is 0 Å². The molecule has 31 heavy (non-hydrogen) atoms. The quantitative estimate of drug-likeness (QED) is 0.245. The van der Waals surface area contributed by atoms with Crippen molar-refractivity contribution in [3.63, 3.8) is 0 Å². The Kier molecular flexibility index (Phi) is 7.39. The minimum Gasteiger partial charge on any atom is -0.513 e. The second-order valence-corrected chi connectivity index (χ2v) is 7.95. The maximum atomic E-state index is 12.3. The molecule has 1 amide bonds. The van der Waals surface area contributed by atoms with Crippen molar-refractivity contribution in [3.05, 3.63) is 59.9 Å². The van der Waals surface area contributed by atoms with Crippen LogP contribution in [0.3, 0.4) is 0 Å². The molecule has 5 N–H and O–H groups in total. The van der Waals surface area contributed by atoms with Crippen molar-refractivity contribution in [3.8, 4) is 5.75 Å². The number of carbonyl (C=O) groups is 3. The number of rotatable bonds is 10. The molecule has 1 aromatic heterocycles. The number of carboxylic acid groups (broad SMARTS) is 1. The first-order valence-electron chi connectivity index (χ1n) is 8.53. The van der Waals surface area contributed by atoms with Crippen LogP contribution in [-0.4, -0.2) is 57.9 Å². The van der Waals surface area contributed by atoms with Crippen LogP contribution in [0.15, 0.2) is 47.8 Å². The summed E-state index contributed by atoms with van der Waals surface area (Å²) >= 11 is 0. The van der Waals surface area contributed by atoms with Crippen molar-refractivity contribution in [2.24, 2.45) is 0 Å². The van der Waals surface area contributed by atoms with Gasteiger partial charge in [0.05, 0.1) is 28.8 Å². The van der Waals surface area contributed by atoms with Crippen LogP contribution in [-0.2, 0) is 21.4 Å². The van der Waals surface area contributed by atoms with Crippen LogP contribution >= 0.6 is 0 Å². The second kappa shape index (κ2) is 9.77. The summed E-state index contributed by atoms with van der Waals surface area (Å²) < 4.78 is 26.9. The summed E-state index contributed by atoms with van der Waals surface area (Å²) in [7, 11) is -4.14. The van der Waals surface area contributed by atoms with Crippen molar-refractivity contribution in [2.45, 2.75) is 23.9 Å². The standard InChI is InChI=1S/C18H18N4O8S/c1-10(24)4-12(9-23)22-17(26)11-6-19-16(20-7-11)8-21-31(29,30)13-2-3-15(25)14(5-13)18(27)28/h2-3,5-7,9,12,21,24-25H,1,4,8H2,(H,22,26)(H,27,28)/t12-/m0/s1. The molecular formula is C18H18N4O8S. The number of hydrogen-bond donors (Lipinski definition) is 5. The minimum atomic E-state index is -4.14. The van der Waals surface area contributed by atoms with Gasteiger partial charge < -0.3 is 25.4 Å². The highest BCUT2D eigenvalue weighted by molar-refractivity contribution is 7.89. The van der Waals surface area contributed by atoms with Gasteiger partial charge >= 0.3 is 5.97 Å². The Labute approximate surface area is 176 Å². The molecule has 12 nitrogen and oxygen atoms in total. The van der Waals surface area contributed by atoms with Gasteiger partial charge in [0.2, 0.25) is 10.0 Å². The predicted octanol–water partition coefficient (Wildman–Crippen LogP) is 0.118. The van der Waals surface area contributed by atoms with E-state index < -0.39 is 39.3 Å². The summed E-state index contributed by atoms with van der Waals surface area (Å²) in [5.41, 5.74) is -0.584. The highest BCUT2D eigenvalue weighted by Gasteiger charge is 2.19. The van der Waals surface area contributed by atoms with Crippen LogP contribution in [0.4, 0.5) is 0 Å². The average Bonchev–Trinajstić information content (AvgIpc) is 2.71. The van der Waals surface area contributed by atoms with E-state index in [4.69, 9.17) is 10.2 Å². The monoisotopic (exact) mass is 450 g/mol. The minimum absolute atomic E-state index is 0.00744. The molecule has 0 spiro atoms. The fraction of sp³-hybridized carbons (Fsp3) is 0.167. The lowest BCUT2D eigenvalue weighted by molar-refractivity contribution is -0.109. The van der Waals surface area contributed by atoms with E-state index in [-0.39, 0.29) is 35.0 Å². The van der Waals surface area contributed by atoms with Crippen molar-refractivity contribution in [1.82, 2.24) is 20.0 Å². The van der Waals surface area contributed by atoms with E-state index in [1.54, 1.807) is 0 Å². The average molecular weight is 450 g/mol. The van der Waals surface area contributed by atoms with Gasteiger partial charge in [0.25, 0.3) is 5.91 Å². The van der Waals surface area contributed by atoms with Gasteiger partial charge in [-0.1, -0.05) is 6.58 Å². The summed E-state index contributed by atoms with van der Waals surface area (Å²) in [5.74, 6) is -3.03. The molecule has 0 fully saturated rings. The first-order valence-corrected chi connectivity index (χ1v) is 10.0. The molecule has 1 atom stereocenters. The zero-order valence-corrected chi connectivity index (χ0v) is 16.7. The smallest absolute Gasteiger partial charge is 0.339 e. The highest BCUT2D eigenvalue weighted by atomic mass is 32.2. The Bertz CT molecular complexity index is 1120. The molecule has 164 valence electrons. The molecule has 0 radical (unpaired) electrons. The summed E-state index contributed by atoms with van der Waals surface area (Å²) in [5, 5.41) is 29.9. The number of carbonyl (C=O) groups excluding carboxylic acids is 2. The van der Waals surface area contributed by atoms with Crippen LogP contribution in [0, 0.1) is 0 Å². The Hall–Kier alpha value is -3.84. The molecule has 0 aliphatic rings. The molecule has 0 aliphatic carbocycles. The summed E-state index contributed by atoms with van der Waals surface area (Å²) in [6, 6.07) is 1.79. The number of aliphatic hydroxyl groups excluding tert-OH is 1. The molecule has 2 rings (SSSR count). The first kappa shape index (κ1) is 23.4. The summed E-state index contributed by atoms with van der Waals surface area (Å²) in [6.45, 7) is 2.87. The zero-order valence-electron chi connectivity index (χ0n) is 15.8. The first-order chi connectivity index (χ1) is 14.5. The van der Waals surface area contributed by atoms with E-state index in [1.807, 2.05) is 0 Å². The molecule has 0 saturated carbocycles. The fourth-order valence-electron chi connectivity index (χ4n) is 2.30. The number of sulfonamides is 1. The van der Waals surface area contributed by atoms with Crippen LogP contribution in [0.2, 0.25) is 0 Å². The van der Waals surface area contributed by atoms with E-state index in [1.165, 1.54) is 0 Å².